The molecule has 16 heavy (non-hydrogen) atoms. The summed E-state index contributed by atoms with van der Waals surface area (Å²) >= 11 is 0. The molecule has 0 aliphatic heterocycles. The number of hydrogen-bond acceptors (Lipinski definition) is 2. The van der Waals surface area contributed by atoms with Crippen molar-refractivity contribution >= 4 is 5.91 Å². The van der Waals surface area contributed by atoms with E-state index in [9.17, 15) is 9.59 Å². The zero-order valence-electron chi connectivity index (χ0n) is 9.16. The third kappa shape index (κ3) is 2.51. The van der Waals surface area contributed by atoms with Gasteiger partial charge in [-0.25, -0.2) is 0 Å². The summed E-state index contributed by atoms with van der Waals surface area (Å²) in [5.41, 5.74) is -0.0454. The molecule has 1 aliphatic carbocycles. The standard InChI is InChI=1S/C12H16N2O2/c15-11-5-6-13-8-10(11)12(16)14-7-4-9-2-1-3-9/h5-6,8-9H,1-4,7H2,(H,13,15)(H,14,16). The highest BCUT2D eigenvalue weighted by molar-refractivity contribution is 5.93. The van der Waals surface area contributed by atoms with Gasteiger partial charge in [0.25, 0.3) is 5.91 Å². The van der Waals surface area contributed by atoms with Crippen molar-refractivity contribution in [3.8, 4) is 0 Å². The van der Waals surface area contributed by atoms with Crippen molar-refractivity contribution in [2.24, 2.45) is 5.92 Å². The minimum absolute atomic E-state index is 0.191. The Morgan fingerprint density at radius 3 is 2.94 bits per heavy atom. The zero-order valence-corrected chi connectivity index (χ0v) is 9.16. The van der Waals surface area contributed by atoms with Gasteiger partial charge in [0, 0.05) is 25.0 Å². The first-order valence-corrected chi connectivity index (χ1v) is 5.72. The lowest BCUT2D eigenvalue weighted by molar-refractivity contribution is 0.0947. The number of aromatic amines is 1. The second kappa shape index (κ2) is 4.96. The predicted octanol–water partition coefficient (Wildman–Crippen LogP) is 1.29. The molecule has 1 aliphatic rings. The second-order valence-electron chi connectivity index (χ2n) is 4.26. The minimum Gasteiger partial charge on any atom is -0.367 e. The Morgan fingerprint density at radius 2 is 2.31 bits per heavy atom. The van der Waals surface area contributed by atoms with E-state index in [4.69, 9.17) is 0 Å². The van der Waals surface area contributed by atoms with Crippen molar-refractivity contribution in [2.45, 2.75) is 25.7 Å². The fraction of sp³-hybridized carbons (Fsp3) is 0.500. The van der Waals surface area contributed by atoms with Crippen LogP contribution in [0.1, 0.15) is 36.0 Å². The molecule has 1 aromatic heterocycles. The van der Waals surface area contributed by atoms with Crippen LogP contribution in [0.3, 0.4) is 0 Å². The lowest BCUT2D eigenvalue weighted by Gasteiger charge is -2.25. The van der Waals surface area contributed by atoms with E-state index < -0.39 is 0 Å². The topological polar surface area (TPSA) is 62.0 Å². The molecule has 0 aromatic carbocycles. The van der Waals surface area contributed by atoms with E-state index in [2.05, 4.69) is 10.3 Å². The Kier molecular flexibility index (Phi) is 3.39. The van der Waals surface area contributed by atoms with Gasteiger partial charge in [0.2, 0.25) is 0 Å². The number of carbonyl (C=O) groups is 1. The molecule has 0 bridgehead atoms. The molecule has 4 nitrogen and oxygen atoms in total. The average Bonchev–Trinajstić information content (AvgIpc) is 2.22. The van der Waals surface area contributed by atoms with E-state index in [-0.39, 0.29) is 16.9 Å². The molecule has 2 N–H and O–H groups in total. The van der Waals surface area contributed by atoms with Gasteiger partial charge in [-0.05, 0) is 12.3 Å². The van der Waals surface area contributed by atoms with Gasteiger partial charge in [0.15, 0.2) is 5.43 Å². The number of carbonyl (C=O) groups excluding carboxylic acids is 1. The van der Waals surface area contributed by atoms with E-state index in [1.807, 2.05) is 0 Å². The quantitative estimate of drug-likeness (QED) is 0.803. The van der Waals surface area contributed by atoms with E-state index in [1.165, 1.54) is 37.7 Å². The second-order valence-corrected chi connectivity index (χ2v) is 4.26. The van der Waals surface area contributed by atoms with Crippen molar-refractivity contribution < 1.29 is 4.79 Å². The van der Waals surface area contributed by atoms with E-state index in [0.29, 0.717) is 6.54 Å². The van der Waals surface area contributed by atoms with Crippen LogP contribution in [0, 0.1) is 5.92 Å². The largest absolute Gasteiger partial charge is 0.367 e. The lowest BCUT2D eigenvalue weighted by atomic mass is 9.83. The van der Waals surface area contributed by atoms with Gasteiger partial charge in [0.05, 0.1) is 0 Å². The number of hydrogen-bond donors (Lipinski definition) is 2. The van der Waals surface area contributed by atoms with Gasteiger partial charge < -0.3 is 10.3 Å². The third-order valence-corrected chi connectivity index (χ3v) is 3.13. The third-order valence-electron chi connectivity index (χ3n) is 3.13. The predicted molar refractivity (Wildman–Crippen MR) is 61.4 cm³/mol. The van der Waals surface area contributed by atoms with Crippen LogP contribution in [0.5, 0.6) is 0 Å². The molecule has 86 valence electrons. The molecular weight excluding hydrogens is 204 g/mol. The lowest BCUT2D eigenvalue weighted by Crippen LogP contribution is -2.30. The number of rotatable bonds is 4. The SMILES string of the molecule is O=C(NCCC1CCC1)c1c[nH]ccc1=O. The summed E-state index contributed by atoms with van der Waals surface area (Å²) in [6.45, 7) is 0.665. The number of nitrogens with one attached hydrogen (secondary N) is 2. The summed E-state index contributed by atoms with van der Waals surface area (Å²) in [5, 5.41) is 2.78. The summed E-state index contributed by atoms with van der Waals surface area (Å²) in [6.07, 6.45) is 7.87. The molecule has 4 heteroatoms. The summed E-state index contributed by atoms with van der Waals surface area (Å²) in [7, 11) is 0. The fourth-order valence-electron chi connectivity index (χ4n) is 1.86. The summed E-state index contributed by atoms with van der Waals surface area (Å²) in [4.78, 5) is 25.7. The van der Waals surface area contributed by atoms with Crippen LogP contribution in [-0.4, -0.2) is 17.4 Å². The van der Waals surface area contributed by atoms with Crippen LogP contribution < -0.4 is 10.7 Å². The fourth-order valence-corrected chi connectivity index (χ4v) is 1.86. The molecule has 0 atom stereocenters. The van der Waals surface area contributed by atoms with E-state index in [0.717, 1.165) is 12.3 Å². The molecule has 1 amide bonds. The maximum Gasteiger partial charge on any atom is 0.256 e. The Bertz CT molecular complexity index is 421. The Labute approximate surface area is 94.1 Å². The maximum atomic E-state index is 11.6. The first kappa shape index (κ1) is 10.9. The van der Waals surface area contributed by atoms with Crippen LogP contribution in [0.4, 0.5) is 0 Å². The number of pyridine rings is 1. The van der Waals surface area contributed by atoms with Crippen LogP contribution in [-0.2, 0) is 0 Å². The average molecular weight is 220 g/mol. The Morgan fingerprint density at radius 1 is 1.50 bits per heavy atom. The van der Waals surface area contributed by atoms with Gasteiger partial charge in [0.1, 0.15) is 5.56 Å². The number of amides is 1. The number of H-pyrrole nitrogens is 1. The summed E-state index contributed by atoms with van der Waals surface area (Å²) in [5.74, 6) is 0.496. The summed E-state index contributed by atoms with van der Waals surface area (Å²) in [6, 6.07) is 1.36. The molecule has 0 saturated heterocycles. The highest BCUT2D eigenvalue weighted by Crippen LogP contribution is 2.28. The van der Waals surface area contributed by atoms with Gasteiger partial charge in [-0.15, -0.1) is 0 Å². The molecule has 2 rings (SSSR count). The van der Waals surface area contributed by atoms with Gasteiger partial charge >= 0.3 is 0 Å². The Hall–Kier alpha value is -1.58. The highest BCUT2D eigenvalue weighted by atomic mass is 16.2. The summed E-state index contributed by atoms with van der Waals surface area (Å²) < 4.78 is 0. The maximum absolute atomic E-state index is 11.6. The van der Waals surface area contributed by atoms with Crippen LogP contribution >= 0.6 is 0 Å². The smallest absolute Gasteiger partial charge is 0.256 e. The molecule has 0 unspecified atom stereocenters. The first-order chi connectivity index (χ1) is 7.77. The molecular formula is C12H16N2O2. The van der Waals surface area contributed by atoms with Crippen LogP contribution in [0.25, 0.3) is 0 Å². The van der Waals surface area contributed by atoms with Crippen molar-refractivity contribution in [3.63, 3.8) is 0 Å². The van der Waals surface area contributed by atoms with Crippen LogP contribution in [0.15, 0.2) is 23.3 Å². The van der Waals surface area contributed by atoms with Crippen molar-refractivity contribution in [1.82, 2.24) is 10.3 Å². The van der Waals surface area contributed by atoms with Gasteiger partial charge in [-0.2, -0.15) is 0 Å². The van der Waals surface area contributed by atoms with Crippen molar-refractivity contribution in [2.75, 3.05) is 6.54 Å². The molecule has 1 heterocycles. The van der Waals surface area contributed by atoms with E-state index in [1.54, 1.807) is 0 Å². The highest BCUT2D eigenvalue weighted by Gasteiger charge is 2.17. The van der Waals surface area contributed by atoms with Crippen molar-refractivity contribution in [1.29, 1.82) is 0 Å². The first-order valence-electron chi connectivity index (χ1n) is 5.72. The molecule has 0 spiro atoms. The number of aromatic nitrogens is 1. The molecule has 1 aromatic rings. The van der Waals surface area contributed by atoms with Gasteiger partial charge in [-0.3, -0.25) is 9.59 Å². The van der Waals surface area contributed by atoms with Gasteiger partial charge in [-0.1, -0.05) is 19.3 Å². The monoisotopic (exact) mass is 220 g/mol. The molecule has 0 radical (unpaired) electrons. The minimum atomic E-state index is -0.277. The Balaban J connectivity index is 1.83. The van der Waals surface area contributed by atoms with E-state index >= 15 is 0 Å². The zero-order chi connectivity index (χ0) is 11.4. The normalized spacial score (nSPS) is 15.5. The van der Waals surface area contributed by atoms with Crippen LogP contribution in [0.2, 0.25) is 0 Å². The molecule has 1 fully saturated rings. The molecule has 1 saturated carbocycles. The van der Waals surface area contributed by atoms with Crippen molar-refractivity contribution in [3.05, 3.63) is 34.2 Å².